The van der Waals surface area contributed by atoms with Crippen molar-refractivity contribution in [2.24, 2.45) is 0 Å². The van der Waals surface area contributed by atoms with Crippen molar-refractivity contribution in [2.45, 2.75) is 13.0 Å². The second-order valence-corrected chi connectivity index (χ2v) is 5.64. The number of anilines is 1. The number of carbonyl (C=O) groups is 2. The zero-order chi connectivity index (χ0) is 17.9. The number of benzene rings is 2. The van der Waals surface area contributed by atoms with E-state index in [-0.39, 0.29) is 15.7 Å². The van der Waals surface area contributed by atoms with Gasteiger partial charge < -0.3 is 10.1 Å². The van der Waals surface area contributed by atoms with Gasteiger partial charge in [0.15, 0.2) is 6.10 Å². The van der Waals surface area contributed by atoms with Crippen LogP contribution in [0.1, 0.15) is 17.3 Å². The monoisotopic (exact) mass is 401 g/mol. The summed E-state index contributed by atoms with van der Waals surface area (Å²) in [5.41, 5.74) is -0.485. The van der Waals surface area contributed by atoms with Crippen LogP contribution < -0.4 is 5.32 Å². The third-order valence-electron chi connectivity index (χ3n) is 2.99. The van der Waals surface area contributed by atoms with E-state index in [0.29, 0.717) is 0 Å². The van der Waals surface area contributed by atoms with Gasteiger partial charge in [0.2, 0.25) is 0 Å². The van der Waals surface area contributed by atoms with Crippen LogP contribution in [-0.4, -0.2) is 18.0 Å². The molecule has 2 aromatic carbocycles. The standard InChI is InChI=1S/C16H11BrF3NO3/c1-8(15(22)21-14-7-10(19)3-5-13(14)20)24-16(23)11-6-9(18)2-4-12(11)17/h2-8H,1H3,(H,21,22)/t8-/m0/s1. The average molecular weight is 402 g/mol. The van der Waals surface area contributed by atoms with E-state index in [4.69, 9.17) is 4.74 Å². The molecule has 0 saturated heterocycles. The molecule has 0 bridgehead atoms. The molecule has 1 N–H and O–H groups in total. The minimum absolute atomic E-state index is 0.105. The number of carbonyl (C=O) groups excluding carboxylic acids is 2. The van der Waals surface area contributed by atoms with Crippen molar-refractivity contribution < 1.29 is 27.5 Å². The summed E-state index contributed by atoms with van der Waals surface area (Å²) in [5.74, 6) is -4.02. The molecule has 0 unspecified atom stereocenters. The average Bonchev–Trinajstić information content (AvgIpc) is 2.53. The molecular weight excluding hydrogens is 391 g/mol. The van der Waals surface area contributed by atoms with Crippen molar-refractivity contribution in [1.82, 2.24) is 0 Å². The molecule has 0 aliphatic heterocycles. The van der Waals surface area contributed by atoms with Crippen LogP contribution in [0.25, 0.3) is 0 Å². The molecule has 0 spiro atoms. The van der Waals surface area contributed by atoms with E-state index in [1.54, 1.807) is 0 Å². The molecule has 0 aliphatic carbocycles. The van der Waals surface area contributed by atoms with Crippen LogP contribution in [0.15, 0.2) is 40.9 Å². The van der Waals surface area contributed by atoms with Gasteiger partial charge in [0.05, 0.1) is 11.3 Å². The quantitative estimate of drug-likeness (QED) is 0.786. The predicted octanol–water partition coefficient (Wildman–Crippen LogP) is 4.05. The molecule has 24 heavy (non-hydrogen) atoms. The molecule has 8 heteroatoms. The van der Waals surface area contributed by atoms with Crippen molar-refractivity contribution in [3.05, 3.63) is 63.9 Å². The number of halogens is 4. The van der Waals surface area contributed by atoms with E-state index in [1.807, 2.05) is 0 Å². The number of hydrogen-bond acceptors (Lipinski definition) is 3. The molecule has 0 radical (unpaired) electrons. The van der Waals surface area contributed by atoms with Crippen LogP contribution in [0.4, 0.5) is 18.9 Å². The van der Waals surface area contributed by atoms with Crippen molar-refractivity contribution >= 4 is 33.5 Å². The summed E-state index contributed by atoms with van der Waals surface area (Å²) >= 11 is 3.07. The lowest BCUT2D eigenvalue weighted by atomic mass is 10.2. The van der Waals surface area contributed by atoms with Gasteiger partial charge in [-0.15, -0.1) is 0 Å². The van der Waals surface area contributed by atoms with Crippen molar-refractivity contribution in [3.63, 3.8) is 0 Å². The summed E-state index contributed by atoms with van der Waals surface area (Å²) in [5, 5.41) is 2.12. The van der Waals surface area contributed by atoms with Crippen LogP contribution in [0.2, 0.25) is 0 Å². The van der Waals surface area contributed by atoms with Gasteiger partial charge in [-0.2, -0.15) is 0 Å². The number of ether oxygens (including phenoxy) is 1. The first-order chi connectivity index (χ1) is 11.3. The Morgan fingerprint density at radius 2 is 1.71 bits per heavy atom. The summed E-state index contributed by atoms with van der Waals surface area (Å²) in [6.45, 7) is 1.25. The largest absolute Gasteiger partial charge is 0.449 e. The molecule has 1 atom stereocenters. The molecule has 126 valence electrons. The predicted molar refractivity (Wildman–Crippen MR) is 84.0 cm³/mol. The van der Waals surface area contributed by atoms with Gasteiger partial charge >= 0.3 is 5.97 Å². The number of nitrogens with one attached hydrogen (secondary N) is 1. The number of hydrogen-bond donors (Lipinski definition) is 1. The zero-order valence-electron chi connectivity index (χ0n) is 12.3. The smallest absolute Gasteiger partial charge is 0.340 e. The molecule has 0 heterocycles. The lowest BCUT2D eigenvalue weighted by molar-refractivity contribution is -0.123. The van der Waals surface area contributed by atoms with Gasteiger partial charge in [-0.3, -0.25) is 4.79 Å². The van der Waals surface area contributed by atoms with Gasteiger partial charge in [-0.1, -0.05) is 0 Å². The number of amides is 1. The van der Waals surface area contributed by atoms with Crippen LogP contribution >= 0.6 is 15.9 Å². The van der Waals surface area contributed by atoms with Crippen LogP contribution in [-0.2, 0) is 9.53 Å². The first-order valence-electron chi connectivity index (χ1n) is 6.70. The highest BCUT2D eigenvalue weighted by molar-refractivity contribution is 9.10. The summed E-state index contributed by atoms with van der Waals surface area (Å²) in [7, 11) is 0. The highest BCUT2D eigenvalue weighted by Crippen LogP contribution is 2.20. The fraction of sp³-hybridized carbons (Fsp3) is 0.125. The van der Waals surface area contributed by atoms with Gasteiger partial charge in [0, 0.05) is 10.5 Å². The SMILES string of the molecule is C[C@H](OC(=O)c1cc(F)ccc1Br)C(=O)Nc1cc(F)ccc1F. The molecule has 0 aromatic heterocycles. The second kappa shape index (κ2) is 7.48. The fourth-order valence-electron chi connectivity index (χ4n) is 1.76. The molecule has 2 rings (SSSR count). The molecule has 0 saturated carbocycles. The Morgan fingerprint density at radius 1 is 1.08 bits per heavy atom. The highest BCUT2D eigenvalue weighted by atomic mass is 79.9. The van der Waals surface area contributed by atoms with Crippen molar-refractivity contribution in [3.8, 4) is 0 Å². The Labute approximate surface area is 143 Å². The minimum Gasteiger partial charge on any atom is -0.449 e. The highest BCUT2D eigenvalue weighted by Gasteiger charge is 2.22. The molecule has 4 nitrogen and oxygen atoms in total. The van der Waals surface area contributed by atoms with E-state index in [9.17, 15) is 22.8 Å². The lowest BCUT2D eigenvalue weighted by Gasteiger charge is -2.14. The van der Waals surface area contributed by atoms with E-state index in [1.165, 1.54) is 13.0 Å². The summed E-state index contributed by atoms with van der Waals surface area (Å²) in [4.78, 5) is 23.9. The maximum Gasteiger partial charge on any atom is 0.340 e. The van der Waals surface area contributed by atoms with Crippen molar-refractivity contribution in [2.75, 3.05) is 5.32 Å². The summed E-state index contributed by atoms with van der Waals surface area (Å²) in [6, 6.07) is 5.96. The first-order valence-corrected chi connectivity index (χ1v) is 7.49. The van der Waals surface area contributed by atoms with Gasteiger partial charge in [0.1, 0.15) is 17.5 Å². The number of rotatable bonds is 4. The molecular formula is C16H11BrF3NO3. The number of esters is 1. The van der Waals surface area contributed by atoms with E-state index in [0.717, 1.165) is 30.3 Å². The Morgan fingerprint density at radius 3 is 2.42 bits per heavy atom. The third kappa shape index (κ3) is 4.35. The Balaban J connectivity index is 2.07. The molecule has 0 fully saturated rings. The van der Waals surface area contributed by atoms with Crippen LogP contribution in [0, 0.1) is 17.5 Å². The summed E-state index contributed by atoms with van der Waals surface area (Å²) < 4.78 is 44.9. The molecule has 1 amide bonds. The van der Waals surface area contributed by atoms with Crippen LogP contribution in [0.3, 0.4) is 0 Å². The van der Waals surface area contributed by atoms with Gasteiger partial charge in [0.25, 0.3) is 5.91 Å². The van der Waals surface area contributed by atoms with E-state index >= 15 is 0 Å². The maximum absolute atomic E-state index is 13.5. The van der Waals surface area contributed by atoms with Crippen molar-refractivity contribution in [1.29, 1.82) is 0 Å². The zero-order valence-corrected chi connectivity index (χ0v) is 13.9. The normalized spacial score (nSPS) is 11.7. The lowest BCUT2D eigenvalue weighted by Crippen LogP contribution is -2.30. The maximum atomic E-state index is 13.5. The van der Waals surface area contributed by atoms with E-state index < -0.39 is 35.4 Å². The van der Waals surface area contributed by atoms with E-state index in [2.05, 4.69) is 21.2 Å². The first kappa shape index (κ1) is 18.0. The minimum atomic E-state index is -1.31. The fourth-order valence-corrected chi connectivity index (χ4v) is 2.17. The molecule has 0 aliphatic rings. The van der Waals surface area contributed by atoms with Crippen LogP contribution in [0.5, 0.6) is 0 Å². The third-order valence-corrected chi connectivity index (χ3v) is 3.68. The molecule has 2 aromatic rings. The topological polar surface area (TPSA) is 55.4 Å². The summed E-state index contributed by atoms with van der Waals surface area (Å²) in [6.07, 6.45) is -1.31. The second-order valence-electron chi connectivity index (χ2n) is 4.79. The van der Waals surface area contributed by atoms with Gasteiger partial charge in [-0.25, -0.2) is 18.0 Å². The van der Waals surface area contributed by atoms with Gasteiger partial charge in [-0.05, 0) is 53.2 Å². The Hall–Kier alpha value is -2.35. The Bertz CT molecular complexity index is 798. The Kier molecular flexibility index (Phi) is 5.61.